The van der Waals surface area contributed by atoms with Gasteiger partial charge in [-0.1, -0.05) is 12.1 Å². The molecule has 0 bridgehead atoms. The van der Waals surface area contributed by atoms with Gasteiger partial charge in [-0.2, -0.15) is 8.78 Å². The number of H-pyrrole nitrogens is 1. The van der Waals surface area contributed by atoms with E-state index in [0.717, 1.165) is 11.0 Å². The monoisotopic (exact) mass is 385 g/mol. The summed E-state index contributed by atoms with van der Waals surface area (Å²) in [6, 6.07) is 7.31. The van der Waals surface area contributed by atoms with Gasteiger partial charge in [-0.25, -0.2) is 18.2 Å². The van der Waals surface area contributed by atoms with Crippen molar-refractivity contribution in [3.8, 4) is 5.75 Å². The van der Waals surface area contributed by atoms with Crippen molar-refractivity contribution in [3.05, 3.63) is 59.2 Å². The number of halogens is 5. The Morgan fingerprint density at radius 1 is 1.00 bits per heavy atom. The first-order valence-electron chi connectivity index (χ1n) is 7.73. The number of para-hydroxylation sites is 2. The first kappa shape index (κ1) is 18.6. The van der Waals surface area contributed by atoms with Crippen molar-refractivity contribution in [2.45, 2.75) is 6.42 Å². The van der Waals surface area contributed by atoms with E-state index in [1.807, 2.05) is 24.3 Å². The highest BCUT2D eigenvalue weighted by atomic mass is 19.2. The van der Waals surface area contributed by atoms with Gasteiger partial charge in [0.25, 0.3) is 5.91 Å². The van der Waals surface area contributed by atoms with Crippen LogP contribution in [0.5, 0.6) is 5.75 Å². The van der Waals surface area contributed by atoms with Crippen LogP contribution in [0.1, 0.15) is 5.82 Å². The van der Waals surface area contributed by atoms with Gasteiger partial charge in [0.15, 0.2) is 12.4 Å². The summed E-state index contributed by atoms with van der Waals surface area (Å²) < 4.78 is 70.4. The molecule has 1 amide bonds. The van der Waals surface area contributed by atoms with Crippen molar-refractivity contribution in [1.29, 1.82) is 0 Å². The maximum absolute atomic E-state index is 13.4. The Kier molecular flexibility index (Phi) is 5.24. The summed E-state index contributed by atoms with van der Waals surface area (Å²) in [4.78, 5) is 19.0. The second-order valence-electron chi connectivity index (χ2n) is 5.49. The van der Waals surface area contributed by atoms with Gasteiger partial charge in [-0.3, -0.25) is 4.79 Å². The molecule has 0 saturated carbocycles. The summed E-state index contributed by atoms with van der Waals surface area (Å²) in [5.41, 5.74) is 1.59. The molecule has 2 aromatic carbocycles. The van der Waals surface area contributed by atoms with Crippen LogP contribution in [0.2, 0.25) is 0 Å². The molecule has 3 rings (SSSR count). The maximum atomic E-state index is 13.4. The van der Waals surface area contributed by atoms with E-state index in [2.05, 4.69) is 20.0 Å². The van der Waals surface area contributed by atoms with Crippen LogP contribution in [-0.4, -0.2) is 29.0 Å². The molecule has 1 heterocycles. The van der Waals surface area contributed by atoms with Crippen LogP contribution in [0, 0.1) is 29.1 Å². The summed E-state index contributed by atoms with van der Waals surface area (Å²) >= 11 is 0. The molecular weight excluding hydrogens is 373 g/mol. The molecule has 1 aromatic heterocycles. The highest BCUT2D eigenvalue weighted by Crippen LogP contribution is 2.28. The minimum absolute atomic E-state index is 0.124. The predicted octanol–water partition coefficient (Wildman–Crippen LogP) is 3.00. The Hall–Kier alpha value is -3.17. The van der Waals surface area contributed by atoms with Gasteiger partial charge >= 0.3 is 0 Å². The van der Waals surface area contributed by atoms with Crippen molar-refractivity contribution < 1.29 is 31.5 Å². The molecule has 0 aliphatic rings. The summed E-state index contributed by atoms with van der Waals surface area (Å²) in [5, 5.41) is 2.39. The molecule has 0 aliphatic heterocycles. The van der Waals surface area contributed by atoms with E-state index in [-0.39, 0.29) is 6.54 Å². The zero-order valence-electron chi connectivity index (χ0n) is 13.6. The third kappa shape index (κ3) is 3.83. The standard InChI is InChI=1S/C17H12F5N3O2/c18-12-13(19)15(21)17(16(22)14(12)20)27-7-11(26)23-6-5-10-24-8-3-1-2-4-9(8)25-10/h1-4H,5-7H2,(H,23,26)(H,24,25). The number of carbonyl (C=O) groups excluding carboxylic acids is 1. The number of hydrogen-bond acceptors (Lipinski definition) is 3. The fourth-order valence-electron chi connectivity index (χ4n) is 2.34. The van der Waals surface area contributed by atoms with Gasteiger partial charge in [-0.05, 0) is 12.1 Å². The number of rotatable bonds is 6. The molecule has 0 radical (unpaired) electrons. The lowest BCUT2D eigenvalue weighted by atomic mass is 10.2. The van der Waals surface area contributed by atoms with Crippen molar-refractivity contribution >= 4 is 16.9 Å². The van der Waals surface area contributed by atoms with Gasteiger partial charge in [0.05, 0.1) is 11.0 Å². The summed E-state index contributed by atoms with van der Waals surface area (Å²) in [7, 11) is 0. The van der Waals surface area contributed by atoms with Gasteiger partial charge in [0.2, 0.25) is 29.1 Å². The fourth-order valence-corrected chi connectivity index (χ4v) is 2.34. The number of carbonyl (C=O) groups is 1. The number of aromatic amines is 1. The number of amides is 1. The summed E-state index contributed by atoms with van der Waals surface area (Å²) in [6.45, 7) is -0.794. The van der Waals surface area contributed by atoms with E-state index in [9.17, 15) is 26.7 Å². The zero-order chi connectivity index (χ0) is 19.6. The molecule has 0 atom stereocenters. The first-order valence-corrected chi connectivity index (χ1v) is 7.73. The van der Waals surface area contributed by atoms with Crippen LogP contribution in [0.15, 0.2) is 24.3 Å². The fraction of sp³-hybridized carbons (Fsp3) is 0.176. The number of ether oxygens (including phenoxy) is 1. The third-order valence-electron chi connectivity index (χ3n) is 3.64. The molecule has 0 aliphatic carbocycles. The number of imidazole rings is 1. The topological polar surface area (TPSA) is 67.0 Å². The van der Waals surface area contributed by atoms with Crippen LogP contribution < -0.4 is 10.1 Å². The Bertz CT molecular complexity index is 944. The minimum atomic E-state index is -2.30. The molecule has 10 heteroatoms. The highest BCUT2D eigenvalue weighted by Gasteiger charge is 2.27. The number of nitrogens with zero attached hydrogens (tertiary/aromatic N) is 1. The molecule has 142 valence electrons. The van der Waals surface area contributed by atoms with Gasteiger partial charge in [-0.15, -0.1) is 0 Å². The largest absolute Gasteiger partial charge is 0.477 e. The third-order valence-corrected chi connectivity index (χ3v) is 3.64. The van der Waals surface area contributed by atoms with Crippen molar-refractivity contribution in [2.24, 2.45) is 0 Å². The molecule has 0 saturated heterocycles. The van der Waals surface area contributed by atoms with Crippen LogP contribution in [0.3, 0.4) is 0 Å². The SMILES string of the molecule is O=C(COc1c(F)c(F)c(F)c(F)c1F)NCCc1nc2ccccc2[nH]1. The number of aromatic nitrogens is 2. The van der Waals surface area contributed by atoms with E-state index in [1.165, 1.54) is 0 Å². The number of nitrogens with one attached hydrogen (secondary N) is 2. The van der Waals surface area contributed by atoms with Crippen LogP contribution >= 0.6 is 0 Å². The normalized spacial score (nSPS) is 11.0. The van der Waals surface area contributed by atoms with E-state index < -0.39 is 47.3 Å². The van der Waals surface area contributed by atoms with Crippen LogP contribution in [0.4, 0.5) is 22.0 Å². The molecule has 27 heavy (non-hydrogen) atoms. The van der Waals surface area contributed by atoms with E-state index in [0.29, 0.717) is 12.2 Å². The quantitative estimate of drug-likeness (QED) is 0.390. The van der Waals surface area contributed by atoms with Gasteiger partial charge in [0, 0.05) is 13.0 Å². The van der Waals surface area contributed by atoms with Crippen molar-refractivity contribution in [3.63, 3.8) is 0 Å². The molecule has 5 nitrogen and oxygen atoms in total. The van der Waals surface area contributed by atoms with Crippen LogP contribution in [0.25, 0.3) is 11.0 Å². The Labute approximate surface area is 149 Å². The Morgan fingerprint density at radius 2 is 1.63 bits per heavy atom. The Morgan fingerprint density at radius 3 is 2.30 bits per heavy atom. The van der Waals surface area contributed by atoms with E-state index in [1.54, 1.807) is 0 Å². The summed E-state index contributed by atoms with van der Waals surface area (Å²) in [5.74, 6) is -12.6. The summed E-state index contributed by atoms with van der Waals surface area (Å²) in [6.07, 6.45) is 0.336. The Balaban J connectivity index is 1.54. The van der Waals surface area contributed by atoms with Gasteiger partial charge in [0.1, 0.15) is 5.82 Å². The lowest BCUT2D eigenvalue weighted by Crippen LogP contribution is -2.31. The zero-order valence-corrected chi connectivity index (χ0v) is 13.6. The lowest BCUT2D eigenvalue weighted by molar-refractivity contribution is -0.123. The molecular formula is C17H12F5N3O2. The predicted molar refractivity (Wildman–Crippen MR) is 84.5 cm³/mol. The molecule has 2 N–H and O–H groups in total. The second kappa shape index (κ2) is 7.60. The molecule has 0 fully saturated rings. The van der Waals surface area contributed by atoms with Gasteiger partial charge < -0.3 is 15.0 Å². The second-order valence-corrected chi connectivity index (χ2v) is 5.49. The average Bonchev–Trinajstić information content (AvgIpc) is 3.07. The minimum Gasteiger partial charge on any atom is -0.477 e. The lowest BCUT2D eigenvalue weighted by Gasteiger charge is -2.10. The van der Waals surface area contributed by atoms with E-state index in [4.69, 9.17) is 0 Å². The van der Waals surface area contributed by atoms with Crippen molar-refractivity contribution in [2.75, 3.05) is 13.2 Å². The van der Waals surface area contributed by atoms with Crippen molar-refractivity contribution in [1.82, 2.24) is 15.3 Å². The average molecular weight is 385 g/mol. The number of hydrogen-bond donors (Lipinski definition) is 2. The molecule has 0 unspecified atom stereocenters. The molecule has 3 aromatic rings. The van der Waals surface area contributed by atoms with Crippen LogP contribution in [-0.2, 0) is 11.2 Å². The number of fused-ring (bicyclic) bond motifs is 1. The van der Waals surface area contributed by atoms with E-state index >= 15 is 0 Å². The number of benzene rings is 2. The maximum Gasteiger partial charge on any atom is 0.257 e. The smallest absolute Gasteiger partial charge is 0.257 e. The first-order chi connectivity index (χ1) is 12.9. The molecule has 0 spiro atoms. The highest BCUT2D eigenvalue weighted by molar-refractivity contribution is 5.77.